The van der Waals surface area contributed by atoms with Gasteiger partial charge in [0.25, 0.3) is 5.91 Å². The number of amides is 1. The molecule has 0 saturated heterocycles. The summed E-state index contributed by atoms with van der Waals surface area (Å²) in [5.41, 5.74) is 4.58. The second-order valence-electron chi connectivity index (χ2n) is 8.14. The van der Waals surface area contributed by atoms with Gasteiger partial charge in [-0.3, -0.25) is 9.59 Å². The Morgan fingerprint density at radius 1 is 0.735 bits per heavy atom. The van der Waals surface area contributed by atoms with Crippen LogP contribution in [-0.4, -0.2) is 11.7 Å². The van der Waals surface area contributed by atoms with Crippen molar-refractivity contribution in [3.63, 3.8) is 0 Å². The van der Waals surface area contributed by atoms with Gasteiger partial charge in [0, 0.05) is 34.1 Å². The minimum Gasteiger partial charge on any atom is -0.353 e. The molecule has 0 radical (unpaired) electrons. The van der Waals surface area contributed by atoms with Gasteiger partial charge >= 0.3 is 0 Å². The molecule has 1 amide bonds. The van der Waals surface area contributed by atoms with Crippen molar-refractivity contribution in [2.24, 2.45) is 0 Å². The van der Waals surface area contributed by atoms with Gasteiger partial charge in [0.1, 0.15) is 11.6 Å². The highest BCUT2D eigenvalue weighted by atomic mass is 19.1. The number of para-hydroxylation sites is 1. The first kappa shape index (κ1) is 21.5. The normalized spacial score (nSPS) is 12.4. The van der Waals surface area contributed by atoms with E-state index < -0.39 is 11.6 Å². The molecule has 0 atom stereocenters. The zero-order valence-corrected chi connectivity index (χ0v) is 18.1. The van der Waals surface area contributed by atoms with Crippen molar-refractivity contribution in [1.29, 1.82) is 0 Å². The minimum atomic E-state index is -0.695. The molecule has 4 nitrogen and oxygen atoms in total. The van der Waals surface area contributed by atoms with Crippen LogP contribution in [0.5, 0.6) is 0 Å². The molecule has 168 valence electrons. The summed E-state index contributed by atoms with van der Waals surface area (Å²) in [7, 11) is 0. The van der Waals surface area contributed by atoms with Crippen LogP contribution in [0.15, 0.2) is 84.9 Å². The number of aryl methyl sites for hydroxylation is 2. The van der Waals surface area contributed by atoms with Gasteiger partial charge in [-0.25, -0.2) is 8.78 Å². The smallest absolute Gasteiger partial charge is 0.255 e. The summed E-state index contributed by atoms with van der Waals surface area (Å²) in [5, 5.41) is 5.79. The zero-order valence-electron chi connectivity index (χ0n) is 18.1. The standard InChI is InChI=1S/C28H20F2N2O2/c29-20-10-13-26(25(30)16-20)31-22-11-12-23-18(14-22)8-6-17-7-9-19(15-24(17)27(23)33)28(34)32-21-4-2-1-3-5-21/h1-5,7,9-16,31H,6,8H2,(H,32,34). The third kappa shape index (κ3) is 4.30. The fraction of sp³-hybridized carbons (Fsp3) is 0.0714. The summed E-state index contributed by atoms with van der Waals surface area (Å²) in [6.07, 6.45) is 1.24. The number of benzene rings is 4. The summed E-state index contributed by atoms with van der Waals surface area (Å²) in [6.45, 7) is 0. The average molecular weight is 454 g/mol. The van der Waals surface area contributed by atoms with Crippen molar-refractivity contribution in [3.8, 4) is 0 Å². The van der Waals surface area contributed by atoms with Gasteiger partial charge in [0.15, 0.2) is 5.78 Å². The summed E-state index contributed by atoms with van der Waals surface area (Å²) >= 11 is 0. The van der Waals surface area contributed by atoms with Crippen LogP contribution in [0.2, 0.25) is 0 Å². The number of nitrogens with one attached hydrogen (secondary N) is 2. The maximum atomic E-state index is 14.0. The summed E-state index contributed by atoms with van der Waals surface area (Å²) in [4.78, 5) is 26.1. The topological polar surface area (TPSA) is 58.2 Å². The highest BCUT2D eigenvalue weighted by molar-refractivity contribution is 6.13. The van der Waals surface area contributed by atoms with E-state index in [1.165, 1.54) is 12.1 Å². The highest BCUT2D eigenvalue weighted by Crippen LogP contribution is 2.29. The first-order chi connectivity index (χ1) is 16.5. The number of carbonyl (C=O) groups is 2. The molecule has 4 aromatic rings. The highest BCUT2D eigenvalue weighted by Gasteiger charge is 2.23. The lowest BCUT2D eigenvalue weighted by Gasteiger charge is -2.11. The van der Waals surface area contributed by atoms with E-state index in [-0.39, 0.29) is 17.4 Å². The second-order valence-corrected chi connectivity index (χ2v) is 8.14. The maximum absolute atomic E-state index is 14.0. The Morgan fingerprint density at radius 3 is 2.32 bits per heavy atom. The van der Waals surface area contributed by atoms with Gasteiger partial charge < -0.3 is 10.6 Å². The molecular weight excluding hydrogens is 434 g/mol. The number of rotatable bonds is 4. The lowest BCUT2D eigenvalue weighted by Crippen LogP contribution is -2.14. The molecular formula is C28H20F2N2O2. The van der Waals surface area contributed by atoms with Crippen molar-refractivity contribution in [2.75, 3.05) is 10.6 Å². The predicted molar refractivity (Wildman–Crippen MR) is 128 cm³/mol. The molecule has 0 saturated carbocycles. The van der Waals surface area contributed by atoms with E-state index in [0.717, 1.165) is 17.2 Å². The largest absolute Gasteiger partial charge is 0.353 e. The van der Waals surface area contributed by atoms with Gasteiger partial charge in [-0.05, 0) is 78.6 Å². The quantitative estimate of drug-likeness (QED) is 0.381. The Bertz CT molecular complexity index is 1420. The fourth-order valence-corrected chi connectivity index (χ4v) is 4.13. The van der Waals surface area contributed by atoms with Gasteiger partial charge in [-0.15, -0.1) is 0 Å². The van der Waals surface area contributed by atoms with Crippen LogP contribution in [0.25, 0.3) is 0 Å². The van der Waals surface area contributed by atoms with E-state index in [9.17, 15) is 18.4 Å². The molecule has 0 fully saturated rings. The van der Waals surface area contributed by atoms with Crippen molar-refractivity contribution < 1.29 is 18.4 Å². The van der Waals surface area contributed by atoms with Gasteiger partial charge in [0.2, 0.25) is 0 Å². The summed E-state index contributed by atoms with van der Waals surface area (Å²) in [5.74, 6) is -1.78. The van der Waals surface area contributed by atoms with Crippen LogP contribution in [0.3, 0.4) is 0 Å². The van der Waals surface area contributed by atoms with Crippen LogP contribution in [0.1, 0.15) is 37.4 Å². The molecule has 0 aromatic heterocycles. The number of hydrogen-bond donors (Lipinski definition) is 2. The van der Waals surface area contributed by atoms with Crippen LogP contribution in [0.4, 0.5) is 25.8 Å². The Labute approximate surface area is 195 Å². The number of fused-ring (bicyclic) bond motifs is 2. The number of ketones is 1. The first-order valence-corrected chi connectivity index (χ1v) is 10.9. The van der Waals surface area contributed by atoms with Crippen molar-refractivity contribution >= 4 is 28.8 Å². The van der Waals surface area contributed by atoms with Gasteiger partial charge in [-0.2, -0.15) is 0 Å². The van der Waals surface area contributed by atoms with Crippen LogP contribution < -0.4 is 10.6 Å². The lowest BCUT2D eigenvalue weighted by atomic mass is 9.96. The third-order valence-electron chi connectivity index (χ3n) is 5.87. The fourth-order valence-electron chi connectivity index (χ4n) is 4.13. The summed E-state index contributed by atoms with van der Waals surface area (Å²) in [6, 6.07) is 22.9. The van der Waals surface area contributed by atoms with E-state index in [2.05, 4.69) is 10.6 Å². The van der Waals surface area contributed by atoms with E-state index in [0.29, 0.717) is 40.9 Å². The molecule has 0 bridgehead atoms. The first-order valence-electron chi connectivity index (χ1n) is 10.9. The van der Waals surface area contributed by atoms with E-state index in [1.54, 1.807) is 36.4 Å². The zero-order chi connectivity index (χ0) is 23.7. The van der Waals surface area contributed by atoms with E-state index >= 15 is 0 Å². The molecule has 1 aliphatic carbocycles. The Hall–Kier alpha value is -4.32. The van der Waals surface area contributed by atoms with E-state index in [4.69, 9.17) is 0 Å². The van der Waals surface area contributed by atoms with Crippen molar-refractivity contribution in [1.82, 2.24) is 0 Å². The third-order valence-corrected chi connectivity index (χ3v) is 5.87. The number of carbonyl (C=O) groups excluding carboxylic acids is 2. The van der Waals surface area contributed by atoms with E-state index in [1.807, 2.05) is 30.3 Å². The molecule has 0 spiro atoms. The minimum absolute atomic E-state index is 0.152. The molecule has 6 heteroatoms. The van der Waals surface area contributed by atoms with Crippen LogP contribution in [0, 0.1) is 11.6 Å². The monoisotopic (exact) mass is 454 g/mol. The molecule has 34 heavy (non-hydrogen) atoms. The number of hydrogen-bond acceptors (Lipinski definition) is 3. The predicted octanol–water partition coefficient (Wildman–Crippen LogP) is 6.29. The Morgan fingerprint density at radius 2 is 1.53 bits per heavy atom. The molecule has 0 unspecified atom stereocenters. The average Bonchev–Trinajstić information content (AvgIpc) is 2.97. The molecule has 0 aliphatic heterocycles. The SMILES string of the molecule is O=C(Nc1ccccc1)c1ccc2c(c1)C(=O)c1ccc(Nc3ccc(F)cc3F)cc1CC2. The molecule has 0 heterocycles. The molecule has 5 rings (SSSR count). The van der Waals surface area contributed by atoms with Crippen LogP contribution >= 0.6 is 0 Å². The number of anilines is 3. The molecule has 1 aliphatic rings. The van der Waals surface area contributed by atoms with Gasteiger partial charge in [0.05, 0.1) is 5.69 Å². The lowest BCUT2D eigenvalue weighted by molar-refractivity contribution is 0.102. The van der Waals surface area contributed by atoms with Crippen molar-refractivity contribution in [2.45, 2.75) is 12.8 Å². The number of halogens is 2. The second kappa shape index (κ2) is 8.90. The van der Waals surface area contributed by atoms with Crippen molar-refractivity contribution in [3.05, 3.63) is 124 Å². The Balaban J connectivity index is 1.41. The summed E-state index contributed by atoms with van der Waals surface area (Å²) < 4.78 is 27.2. The van der Waals surface area contributed by atoms with Crippen LogP contribution in [-0.2, 0) is 12.8 Å². The molecule has 2 N–H and O–H groups in total. The van der Waals surface area contributed by atoms with Gasteiger partial charge in [-0.1, -0.05) is 24.3 Å². The maximum Gasteiger partial charge on any atom is 0.255 e. The molecule has 4 aromatic carbocycles. The Kier molecular flexibility index (Phi) is 5.64.